The number of hydrogen-bond acceptors (Lipinski definition) is 5. The molecule has 0 aliphatic rings. The minimum absolute atomic E-state index is 0.0916. The van der Waals surface area contributed by atoms with Gasteiger partial charge in [-0.25, -0.2) is 4.98 Å². The van der Waals surface area contributed by atoms with Gasteiger partial charge in [0.2, 0.25) is 11.8 Å². The van der Waals surface area contributed by atoms with Crippen molar-refractivity contribution < 1.29 is 4.74 Å². The Bertz CT molecular complexity index is 569. The van der Waals surface area contributed by atoms with Gasteiger partial charge in [0.25, 0.3) is 0 Å². The van der Waals surface area contributed by atoms with Crippen LogP contribution in [0.25, 0.3) is 0 Å². The lowest BCUT2D eigenvalue weighted by molar-refractivity contribution is 0.232. The van der Waals surface area contributed by atoms with Gasteiger partial charge in [0.1, 0.15) is 0 Å². The normalized spacial score (nSPS) is 12.2. The molecule has 2 aromatic rings. The monoisotopic (exact) mass is 286 g/mol. The Kier molecular flexibility index (Phi) is 5.11. The predicted octanol–water partition coefficient (Wildman–Crippen LogP) is 2.90. The standard InChI is InChI=1S/C16H22N4O/c1-11(2)21-15-8-9-18-16(20-15)19-12(3)14-6-4-13(10-17)5-7-14/h4-9,11-12H,10,17H2,1-3H3,(H,18,19,20). The summed E-state index contributed by atoms with van der Waals surface area (Å²) in [4.78, 5) is 8.57. The molecule has 1 heterocycles. The van der Waals surface area contributed by atoms with Crippen LogP contribution in [-0.4, -0.2) is 16.1 Å². The minimum Gasteiger partial charge on any atom is -0.475 e. The third-order valence-electron chi connectivity index (χ3n) is 3.05. The number of ether oxygens (including phenoxy) is 1. The van der Waals surface area contributed by atoms with E-state index in [9.17, 15) is 0 Å². The molecule has 1 atom stereocenters. The van der Waals surface area contributed by atoms with Crippen molar-refractivity contribution in [2.24, 2.45) is 5.73 Å². The molecule has 0 spiro atoms. The van der Waals surface area contributed by atoms with E-state index in [4.69, 9.17) is 10.5 Å². The summed E-state index contributed by atoms with van der Waals surface area (Å²) >= 11 is 0. The Morgan fingerprint density at radius 2 is 1.86 bits per heavy atom. The van der Waals surface area contributed by atoms with E-state index in [2.05, 4.69) is 34.3 Å². The van der Waals surface area contributed by atoms with Crippen LogP contribution in [0.4, 0.5) is 5.95 Å². The lowest BCUT2D eigenvalue weighted by atomic mass is 10.1. The van der Waals surface area contributed by atoms with Crippen molar-refractivity contribution in [3.8, 4) is 5.88 Å². The van der Waals surface area contributed by atoms with Crippen molar-refractivity contribution in [2.45, 2.75) is 39.5 Å². The molecule has 5 nitrogen and oxygen atoms in total. The smallest absolute Gasteiger partial charge is 0.226 e. The second kappa shape index (κ2) is 7.04. The van der Waals surface area contributed by atoms with Gasteiger partial charge in [-0.1, -0.05) is 24.3 Å². The van der Waals surface area contributed by atoms with Crippen LogP contribution >= 0.6 is 0 Å². The SMILES string of the molecule is CC(C)Oc1ccnc(NC(C)c2ccc(CN)cc2)n1. The third-order valence-corrected chi connectivity index (χ3v) is 3.05. The number of benzene rings is 1. The molecule has 3 N–H and O–H groups in total. The van der Waals surface area contributed by atoms with Crippen molar-refractivity contribution in [3.63, 3.8) is 0 Å². The lowest BCUT2D eigenvalue weighted by Gasteiger charge is -2.15. The molecule has 0 saturated carbocycles. The van der Waals surface area contributed by atoms with Crippen molar-refractivity contribution in [2.75, 3.05) is 5.32 Å². The van der Waals surface area contributed by atoms with Gasteiger partial charge in [0.05, 0.1) is 12.1 Å². The van der Waals surface area contributed by atoms with Gasteiger partial charge >= 0.3 is 0 Å². The third kappa shape index (κ3) is 4.43. The first-order chi connectivity index (χ1) is 10.1. The summed E-state index contributed by atoms with van der Waals surface area (Å²) in [5, 5.41) is 3.28. The fourth-order valence-corrected chi connectivity index (χ4v) is 1.94. The molecule has 0 radical (unpaired) electrons. The van der Waals surface area contributed by atoms with E-state index >= 15 is 0 Å². The zero-order chi connectivity index (χ0) is 15.2. The van der Waals surface area contributed by atoms with Gasteiger partial charge in [0.15, 0.2) is 0 Å². The van der Waals surface area contributed by atoms with Gasteiger partial charge in [-0.15, -0.1) is 0 Å². The Labute approximate surface area is 125 Å². The molecule has 0 fully saturated rings. The molecule has 1 aromatic carbocycles. The fourth-order valence-electron chi connectivity index (χ4n) is 1.94. The van der Waals surface area contributed by atoms with Gasteiger partial charge in [-0.3, -0.25) is 0 Å². The second-order valence-electron chi connectivity index (χ2n) is 5.20. The molecule has 0 saturated heterocycles. The van der Waals surface area contributed by atoms with Crippen LogP contribution in [0.5, 0.6) is 5.88 Å². The summed E-state index contributed by atoms with van der Waals surface area (Å²) in [6.45, 7) is 6.56. The molecule has 2 rings (SSSR count). The summed E-state index contributed by atoms with van der Waals surface area (Å²) in [7, 11) is 0. The average molecular weight is 286 g/mol. The van der Waals surface area contributed by atoms with E-state index in [0.29, 0.717) is 18.4 Å². The van der Waals surface area contributed by atoms with Crippen LogP contribution < -0.4 is 15.8 Å². The van der Waals surface area contributed by atoms with Gasteiger partial charge in [0, 0.05) is 18.8 Å². The molecule has 1 unspecified atom stereocenters. The highest BCUT2D eigenvalue weighted by Gasteiger charge is 2.08. The van der Waals surface area contributed by atoms with Crippen LogP contribution in [0.15, 0.2) is 36.5 Å². The number of anilines is 1. The van der Waals surface area contributed by atoms with Crippen LogP contribution in [0.3, 0.4) is 0 Å². The maximum absolute atomic E-state index is 5.61. The van der Waals surface area contributed by atoms with Crippen molar-refractivity contribution in [1.82, 2.24) is 9.97 Å². The van der Waals surface area contributed by atoms with E-state index < -0.39 is 0 Å². The van der Waals surface area contributed by atoms with Crippen LogP contribution in [0.1, 0.15) is 37.9 Å². The Hall–Kier alpha value is -2.14. The molecule has 5 heteroatoms. The van der Waals surface area contributed by atoms with E-state index in [1.807, 2.05) is 26.0 Å². The number of nitrogens with two attached hydrogens (primary N) is 1. The fraction of sp³-hybridized carbons (Fsp3) is 0.375. The number of hydrogen-bond donors (Lipinski definition) is 2. The topological polar surface area (TPSA) is 73.1 Å². The van der Waals surface area contributed by atoms with E-state index in [-0.39, 0.29) is 12.1 Å². The summed E-state index contributed by atoms with van der Waals surface area (Å²) in [5.41, 5.74) is 7.88. The number of nitrogens with one attached hydrogen (secondary N) is 1. The van der Waals surface area contributed by atoms with Gasteiger partial charge in [-0.2, -0.15) is 4.98 Å². The molecule has 0 aliphatic heterocycles. The summed E-state index contributed by atoms with van der Waals surface area (Å²) in [6, 6.07) is 10.1. The number of aromatic nitrogens is 2. The predicted molar refractivity (Wildman–Crippen MR) is 84.2 cm³/mol. The van der Waals surface area contributed by atoms with Crippen LogP contribution in [0, 0.1) is 0 Å². The molecule has 0 aliphatic carbocycles. The van der Waals surface area contributed by atoms with Crippen molar-refractivity contribution in [3.05, 3.63) is 47.7 Å². The second-order valence-corrected chi connectivity index (χ2v) is 5.20. The first-order valence-electron chi connectivity index (χ1n) is 7.13. The molecule has 0 amide bonds. The first kappa shape index (κ1) is 15.3. The zero-order valence-corrected chi connectivity index (χ0v) is 12.7. The van der Waals surface area contributed by atoms with E-state index in [0.717, 1.165) is 11.1 Å². The maximum Gasteiger partial charge on any atom is 0.226 e. The largest absolute Gasteiger partial charge is 0.475 e. The number of rotatable bonds is 6. The highest BCUT2D eigenvalue weighted by Crippen LogP contribution is 2.18. The van der Waals surface area contributed by atoms with E-state index in [1.165, 1.54) is 0 Å². The average Bonchev–Trinajstić information content (AvgIpc) is 2.47. The number of nitrogens with zero attached hydrogens (tertiary/aromatic N) is 2. The lowest BCUT2D eigenvalue weighted by Crippen LogP contribution is -2.12. The summed E-state index contributed by atoms with van der Waals surface area (Å²) in [5.74, 6) is 1.14. The van der Waals surface area contributed by atoms with Crippen molar-refractivity contribution in [1.29, 1.82) is 0 Å². The molecule has 21 heavy (non-hydrogen) atoms. The molecule has 112 valence electrons. The first-order valence-corrected chi connectivity index (χ1v) is 7.13. The maximum atomic E-state index is 5.61. The molecule has 1 aromatic heterocycles. The Morgan fingerprint density at radius 1 is 1.14 bits per heavy atom. The highest BCUT2D eigenvalue weighted by molar-refractivity contribution is 5.34. The van der Waals surface area contributed by atoms with E-state index in [1.54, 1.807) is 12.3 Å². The van der Waals surface area contributed by atoms with Crippen LogP contribution in [-0.2, 0) is 6.54 Å². The van der Waals surface area contributed by atoms with Gasteiger partial charge < -0.3 is 15.8 Å². The quantitative estimate of drug-likeness (QED) is 0.854. The Morgan fingerprint density at radius 3 is 2.48 bits per heavy atom. The van der Waals surface area contributed by atoms with Crippen LogP contribution in [0.2, 0.25) is 0 Å². The Balaban J connectivity index is 2.05. The molecular weight excluding hydrogens is 264 g/mol. The zero-order valence-electron chi connectivity index (χ0n) is 12.7. The summed E-state index contributed by atoms with van der Waals surface area (Å²) < 4.78 is 5.57. The van der Waals surface area contributed by atoms with Gasteiger partial charge in [-0.05, 0) is 31.9 Å². The molecule has 0 bridgehead atoms. The minimum atomic E-state index is 0.0916. The highest BCUT2D eigenvalue weighted by atomic mass is 16.5. The summed E-state index contributed by atoms with van der Waals surface area (Å²) in [6.07, 6.45) is 1.78. The van der Waals surface area contributed by atoms with Crippen molar-refractivity contribution >= 4 is 5.95 Å². The molecular formula is C16H22N4O.